The van der Waals surface area contributed by atoms with Gasteiger partial charge in [0.05, 0.1) is 19.3 Å². The van der Waals surface area contributed by atoms with E-state index < -0.39 is 6.04 Å². The van der Waals surface area contributed by atoms with Gasteiger partial charge in [0.2, 0.25) is 5.91 Å². The van der Waals surface area contributed by atoms with Gasteiger partial charge in [-0.05, 0) is 17.7 Å². The molecule has 0 bridgehead atoms. The first-order chi connectivity index (χ1) is 13.2. The van der Waals surface area contributed by atoms with Crippen molar-refractivity contribution in [1.82, 2.24) is 10.2 Å². The number of hydrogen-bond acceptors (Lipinski definition) is 4. The largest absolute Gasteiger partial charge is 0.382 e. The van der Waals surface area contributed by atoms with E-state index in [9.17, 15) is 9.59 Å². The van der Waals surface area contributed by atoms with Crippen LogP contribution in [-0.4, -0.2) is 56.2 Å². The van der Waals surface area contributed by atoms with Crippen LogP contribution in [0.3, 0.4) is 0 Å². The molecular formula is C21H24N2O4. The first-order valence-corrected chi connectivity index (χ1v) is 8.99. The van der Waals surface area contributed by atoms with Crippen LogP contribution in [0.5, 0.6) is 0 Å². The van der Waals surface area contributed by atoms with Crippen molar-refractivity contribution in [2.45, 2.75) is 12.1 Å². The number of ether oxygens (including phenoxy) is 2. The molecule has 27 heavy (non-hydrogen) atoms. The van der Waals surface area contributed by atoms with Gasteiger partial charge in [0, 0.05) is 25.8 Å². The highest BCUT2D eigenvalue weighted by Gasteiger charge is 2.36. The second-order valence-electron chi connectivity index (χ2n) is 6.41. The van der Waals surface area contributed by atoms with Crippen LogP contribution in [0.4, 0.5) is 0 Å². The average molecular weight is 368 g/mol. The Morgan fingerprint density at radius 3 is 2.30 bits per heavy atom. The van der Waals surface area contributed by atoms with Crippen LogP contribution in [0.15, 0.2) is 60.7 Å². The number of methoxy groups -OCH3 is 1. The predicted octanol–water partition coefficient (Wildman–Crippen LogP) is 2.03. The van der Waals surface area contributed by atoms with Crippen molar-refractivity contribution < 1.29 is 19.1 Å². The summed E-state index contributed by atoms with van der Waals surface area (Å²) in [6.45, 7) is 2.08. The van der Waals surface area contributed by atoms with E-state index in [1.165, 1.54) is 0 Å². The summed E-state index contributed by atoms with van der Waals surface area (Å²) >= 11 is 0. The van der Waals surface area contributed by atoms with Gasteiger partial charge in [0.15, 0.2) is 0 Å². The molecule has 1 saturated heterocycles. The summed E-state index contributed by atoms with van der Waals surface area (Å²) < 4.78 is 10.6. The molecule has 1 atom stereocenters. The maximum Gasteiger partial charge on any atom is 0.252 e. The van der Waals surface area contributed by atoms with E-state index in [-0.39, 0.29) is 17.9 Å². The molecule has 0 saturated carbocycles. The van der Waals surface area contributed by atoms with Gasteiger partial charge in [-0.2, -0.15) is 0 Å². The minimum absolute atomic E-state index is 0.0188. The molecule has 1 unspecified atom stereocenters. The molecule has 6 heteroatoms. The molecule has 0 aliphatic carbocycles. The monoisotopic (exact) mass is 368 g/mol. The number of nitrogens with one attached hydrogen (secondary N) is 1. The minimum atomic E-state index is -0.723. The first-order valence-electron chi connectivity index (χ1n) is 8.99. The Kier molecular flexibility index (Phi) is 6.57. The number of rotatable bonds is 8. The number of likely N-dealkylation sites (tertiary alicyclic amines) is 1. The van der Waals surface area contributed by atoms with E-state index >= 15 is 0 Å². The lowest BCUT2D eigenvalue weighted by molar-refractivity contribution is -0.148. The fourth-order valence-corrected chi connectivity index (χ4v) is 2.94. The maximum atomic E-state index is 13.0. The molecule has 0 aromatic heterocycles. The molecule has 0 spiro atoms. The van der Waals surface area contributed by atoms with E-state index in [2.05, 4.69) is 5.32 Å². The second kappa shape index (κ2) is 9.30. The maximum absolute atomic E-state index is 13.0. The smallest absolute Gasteiger partial charge is 0.252 e. The van der Waals surface area contributed by atoms with E-state index in [1.54, 1.807) is 36.3 Å². The second-order valence-corrected chi connectivity index (χ2v) is 6.41. The topological polar surface area (TPSA) is 67.9 Å². The summed E-state index contributed by atoms with van der Waals surface area (Å²) in [6, 6.07) is 17.5. The third kappa shape index (κ3) is 4.93. The Balaban J connectivity index is 1.66. The summed E-state index contributed by atoms with van der Waals surface area (Å²) in [5.74, 6) is -0.400. The van der Waals surface area contributed by atoms with Crippen LogP contribution < -0.4 is 5.32 Å². The molecule has 0 radical (unpaired) electrons. The molecule has 1 heterocycles. The lowest BCUT2D eigenvalue weighted by Gasteiger charge is -2.40. The van der Waals surface area contributed by atoms with Gasteiger partial charge < -0.3 is 19.7 Å². The van der Waals surface area contributed by atoms with Crippen molar-refractivity contribution in [2.24, 2.45) is 0 Å². The number of hydrogen-bond donors (Lipinski definition) is 1. The molecule has 6 nitrogen and oxygen atoms in total. The van der Waals surface area contributed by atoms with Gasteiger partial charge in [-0.3, -0.25) is 9.59 Å². The number of carbonyl (C=O) groups excluding carboxylic acids is 2. The predicted molar refractivity (Wildman–Crippen MR) is 101 cm³/mol. The van der Waals surface area contributed by atoms with Crippen molar-refractivity contribution in [2.75, 3.05) is 33.4 Å². The zero-order valence-corrected chi connectivity index (χ0v) is 15.3. The van der Waals surface area contributed by atoms with E-state index in [0.717, 1.165) is 5.56 Å². The van der Waals surface area contributed by atoms with Crippen LogP contribution in [0.2, 0.25) is 0 Å². The molecule has 142 valence electrons. The van der Waals surface area contributed by atoms with Gasteiger partial charge in [-0.25, -0.2) is 0 Å². The zero-order valence-electron chi connectivity index (χ0n) is 15.3. The molecule has 1 N–H and O–H groups in total. The summed E-state index contributed by atoms with van der Waals surface area (Å²) in [5, 5.41) is 2.87. The van der Waals surface area contributed by atoms with Crippen LogP contribution in [0, 0.1) is 0 Å². The minimum Gasteiger partial charge on any atom is -0.382 e. The fourth-order valence-electron chi connectivity index (χ4n) is 2.94. The standard InChI is InChI=1S/C21H24N2O4/c1-26-12-13-27-18-14-23(15-18)21(25)19(16-8-4-2-5-9-16)22-20(24)17-10-6-3-7-11-17/h2-11,18-19H,12-15H2,1H3,(H,22,24). The molecule has 1 aliphatic heterocycles. The normalized spacial score (nSPS) is 15.1. The van der Waals surface area contributed by atoms with Gasteiger partial charge in [0.25, 0.3) is 5.91 Å². The lowest BCUT2D eigenvalue weighted by atomic mass is 10.0. The highest BCUT2D eigenvalue weighted by molar-refractivity contribution is 5.98. The number of nitrogens with zero attached hydrogens (tertiary/aromatic N) is 1. The SMILES string of the molecule is COCCOC1CN(C(=O)C(NC(=O)c2ccccc2)c2ccccc2)C1. The van der Waals surface area contributed by atoms with E-state index in [4.69, 9.17) is 9.47 Å². The van der Waals surface area contributed by atoms with Crippen molar-refractivity contribution in [3.8, 4) is 0 Å². The van der Waals surface area contributed by atoms with E-state index in [0.29, 0.717) is 31.9 Å². The van der Waals surface area contributed by atoms with Gasteiger partial charge in [-0.15, -0.1) is 0 Å². The average Bonchev–Trinajstić information content (AvgIpc) is 2.68. The van der Waals surface area contributed by atoms with Crippen LogP contribution in [-0.2, 0) is 14.3 Å². The molecule has 2 aromatic rings. The Labute approximate surface area is 159 Å². The molecule has 2 aromatic carbocycles. The number of amides is 2. The molecule has 1 fully saturated rings. The Morgan fingerprint density at radius 1 is 1.04 bits per heavy atom. The summed E-state index contributed by atoms with van der Waals surface area (Å²) in [7, 11) is 1.62. The quantitative estimate of drug-likeness (QED) is 0.724. The Hall–Kier alpha value is -2.70. The molecular weight excluding hydrogens is 344 g/mol. The van der Waals surface area contributed by atoms with Crippen molar-refractivity contribution in [3.05, 3.63) is 71.8 Å². The van der Waals surface area contributed by atoms with Crippen molar-refractivity contribution >= 4 is 11.8 Å². The Bertz CT molecular complexity index is 745. The van der Waals surface area contributed by atoms with Gasteiger partial charge >= 0.3 is 0 Å². The van der Waals surface area contributed by atoms with Crippen LogP contribution in [0.1, 0.15) is 22.0 Å². The summed E-state index contributed by atoms with van der Waals surface area (Å²) in [5.41, 5.74) is 1.28. The van der Waals surface area contributed by atoms with Gasteiger partial charge in [-0.1, -0.05) is 48.5 Å². The third-order valence-corrected chi connectivity index (χ3v) is 4.49. The summed E-state index contributed by atoms with van der Waals surface area (Å²) in [6.07, 6.45) is 0.0188. The number of carbonyl (C=O) groups is 2. The third-order valence-electron chi connectivity index (χ3n) is 4.49. The first kappa shape index (κ1) is 19.1. The van der Waals surface area contributed by atoms with Gasteiger partial charge in [0.1, 0.15) is 6.04 Å². The number of benzene rings is 2. The fraction of sp³-hybridized carbons (Fsp3) is 0.333. The zero-order chi connectivity index (χ0) is 19.1. The summed E-state index contributed by atoms with van der Waals surface area (Å²) in [4.78, 5) is 27.3. The molecule has 1 aliphatic rings. The highest BCUT2D eigenvalue weighted by atomic mass is 16.5. The van der Waals surface area contributed by atoms with E-state index in [1.807, 2.05) is 36.4 Å². The Morgan fingerprint density at radius 2 is 1.67 bits per heavy atom. The molecule has 2 amide bonds. The van der Waals surface area contributed by atoms with Crippen LogP contribution >= 0.6 is 0 Å². The highest BCUT2D eigenvalue weighted by Crippen LogP contribution is 2.21. The lowest BCUT2D eigenvalue weighted by Crippen LogP contribution is -2.57. The van der Waals surface area contributed by atoms with Crippen molar-refractivity contribution in [3.63, 3.8) is 0 Å². The molecule has 3 rings (SSSR count). The van der Waals surface area contributed by atoms with Crippen LogP contribution in [0.25, 0.3) is 0 Å². The van der Waals surface area contributed by atoms with Crippen molar-refractivity contribution in [1.29, 1.82) is 0 Å².